The molecule has 12 nitrogen and oxygen atoms in total. The van der Waals surface area contributed by atoms with Crippen LogP contribution in [0.1, 0.15) is 93.3 Å². The van der Waals surface area contributed by atoms with Gasteiger partial charge in [0.2, 0.25) is 23.4 Å². The molecule has 2 aliphatic carbocycles. The molecule has 43 heavy (non-hydrogen) atoms. The van der Waals surface area contributed by atoms with Crippen LogP contribution in [0, 0.1) is 0 Å². The quantitative estimate of drug-likeness (QED) is 0.300. The van der Waals surface area contributed by atoms with Crippen molar-refractivity contribution < 1.29 is 28.1 Å². The van der Waals surface area contributed by atoms with E-state index in [4.69, 9.17) is 29.0 Å². The van der Waals surface area contributed by atoms with Crippen molar-refractivity contribution in [1.29, 1.82) is 0 Å². The molecular formula is C31H34N6O6. The van der Waals surface area contributed by atoms with Crippen LogP contribution in [-0.4, -0.2) is 45.2 Å². The van der Waals surface area contributed by atoms with Gasteiger partial charge >= 0.3 is 6.09 Å². The van der Waals surface area contributed by atoms with Crippen LogP contribution in [0.15, 0.2) is 45.4 Å². The maximum absolute atomic E-state index is 12.0. The summed E-state index contributed by atoms with van der Waals surface area (Å²) in [6, 6.07) is 11.3. The molecule has 0 unspecified atom stereocenters. The molecule has 2 aromatic heterocycles. The van der Waals surface area contributed by atoms with Crippen LogP contribution >= 0.6 is 0 Å². The number of benzene rings is 2. The topological polar surface area (TPSA) is 161 Å². The summed E-state index contributed by atoms with van der Waals surface area (Å²) >= 11 is 0. The molecule has 0 spiro atoms. The predicted octanol–water partition coefficient (Wildman–Crippen LogP) is 5.58. The lowest BCUT2D eigenvalue weighted by molar-refractivity contribution is 0.0497. The average Bonchev–Trinajstić information content (AvgIpc) is 3.81. The van der Waals surface area contributed by atoms with Crippen molar-refractivity contribution in [3.05, 3.63) is 59.3 Å². The second-order valence-electron chi connectivity index (χ2n) is 12.4. The van der Waals surface area contributed by atoms with E-state index < -0.39 is 11.7 Å². The Bertz CT molecular complexity index is 1650. The fourth-order valence-electron chi connectivity index (χ4n) is 4.99. The van der Waals surface area contributed by atoms with Crippen LogP contribution in [-0.2, 0) is 4.74 Å². The number of aromatic nitrogens is 4. The first kappa shape index (κ1) is 27.4. The summed E-state index contributed by atoms with van der Waals surface area (Å²) in [5, 5.41) is 10.9. The van der Waals surface area contributed by atoms with Crippen molar-refractivity contribution in [2.24, 2.45) is 5.73 Å². The Hall–Kier alpha value is -4.45. The van der Waals surface area contributed by atoms with Crippen LogP contribution in [0.4, 0.5) is 4.79 Å². The van der Waals surface area contributed by atoms with Gasteiger partial charge in [-0.2, -0.15) is 9.97 Å². The lowest BCUT2D eigenvalue weighted by Crippen LogP contribution is -2.35. The summed E-state index contributed by atoms with van der Waals surface area (Å²) in [6.45, 7) is 6.41. The first-order valence-corrected chi connectivity index (χ1v) is 14.7. The van der Waals surface area contributed by atoms with E-state index in [-0.39, 0.29) is 12.1 Å². The van der Waals surface area contributed by atoms with Gasteiger partial charge in [-0.25, -0.2) is 4.79 Å². The van der Waals surface area contributed by atoms with Gasteiger partial charge in [-0.15, -0.1) is 0 Å². The first-order valence-electron chi connectivity index (χ1n) is 14.7. The van der Waals surface area contributed by atoms with E-state index in [0.717, 1.165) is 65.3 Å². The molecule has 3 N–H and O–H groups in total. The number of rotatable bonds is 5. The summed E-state index contributed by atoms with van der Waals surface area (Å²) in [6.07, 6.45) is 4.10. The smallest absolute Gasteiger partial charge is 0.408 e. The van der Waals surface area contributed by atoms with Gasteiger partial charge in [0, 0.05) is 34.1 Å². The van der Waals surface area contributed by atoms with Crippen LogP contribution in [0.2, 0.25) is 0 Å². The second kappa shape index (κ2) is 10.7. The molecule has 224 valence electrons. The SMILES string of the molecule is CC(C)(C)OC(=O)N[C@@H]1COc2cc(-c3noc(C4CC4)n3)ccc21.N[C@@H]1COc2cc(-c3noc(C4CC4)n3)ccc21. The Balaban J connectivity index is 0.000000147. The molecule has 4 heterocycles. The standard InChI is InChI=1S/C18H21N3O4.C13H13N3O2/c1-18(2,3)24-17(22)19-13-9-23-14-8-11(6-7-12(13)14)15-20-16(25-21-15)10-4-5-10;14-10-6-17-11-5-8(3-4-9(10)11)12-15-13(18-16-12)7-1-2-7/h6-8,10,13H,4-5,9H2,1-3H3,(H,19,22);3-5,7,10H,1-2,6,14H2/t13-;10-/m11/s1. The highest BCUT2D eigenvalue weighted by atomic mass is 16.6. The molecule has 0 radical (unpaired) electrons. The van der Waals surface area contributed by atoms with Gasteiger partial charge in [-0.05, 0) is 58.6 Å². The molecule has 4 aliphatic rings. The Morgan fingerprint density at radius 3 is 1.93 bits per heavy atom. The molecule has 2 fully saturated rings. The summed E-state index contributed by atoms with van der Waals surface area (Å²) in [4.78, 5) is 20.8. The largest absolute Gasteiger partial charge is 0.491 e. The molecule has 0 bridgehead atoms. The lowest BCUT2D eigenvalue weighted by Gasteiger charge is -2.21. The third-order valence-corrected chi connectivity index (χ3v) is 7.57. The van der Waals surface area contributed by atoms with Gasteiger partial charge in [-0.3, -0.25) is 0 Å². The first-order chi connectivity index (χ1) is 20.7. The van der Waals surface area contributed by atoms with E-state index in [9.17, 15) is 4.79 Å². The number of amides is 1. The van der Waals surface area contributed by atoms with Gasteiger partial charge in [0.15, 0.2) is 0 Å². The number of carbonyl (C=O) groups excluding carboxylic acids is 1. The third-order valence-electron chi connectivity index (χ3n) is 7.57. The van der Waals surface area contributed by atoms with E-state index >= 15 is 0 Å². The zero-order chi connectivity index (χ0) is 29.7. The molecule has 4 aromatic rings. The number of nitrogens with one attached hydrogen (secondary N) is 1. The van der Waals surface area contributed by atoms with Gasteiger partial charge in [0.05, 0.1) is 12.1 Å². The number of carbonyl (C=O) groups is 1. The highest BCUT2D eigenvalue weighted by molar-refractivity contribution is 5.69. The number of alkyl carbamates (subject to hydrolysis) is 1. The van der Waals surface area contributed by atoms with E-state index in [2.05, 4.69) is 25.6 Å². The fraction of sp³-hybridized carbons (Fsp3) is 0.452. The average molecular weight is 587 g/mol. The van der Waals surface area contributed by atoms with Crippen molar-refractivity contribution in [1.82, 2.24) is 25.6 Å². The number of nitrogens with zero attached hydrogens (tertiary/aromatic N) is 4. The number of ether oxygens (including phenoxy) is 3. The van der Waals surface area contributed by atoms with Crippen molar-refractivity contribution in [3.8, 4) is 34.3 Å². The van der Waals surface area contributed by atoms with Crippen LogP contribution < -0.4 is 20.5 Å². The summed E-state index contributed by atoms with van der Waals surface area (Å²) in [5.74, 6) is 5.11. The highest BCUT2D eigenvalue weighted by Gasteiger charge is 2.32. The maximum Gasteiger partial charge on any atom is 0.408 e. The summed E-state index contributed by atoms with van der Waals surface area (Å²) < 4.78 is 27.1. The summed E-state index contributed by atoms with van der Waals surface area (Å²) in [5.41, 5.74) is 9.10. The minimum atomic E-state index is -0.534. The third kappa shape index (κ3) is 6.05. The van der Waals surface area contributed by atoms with Crippen LogP contribution in [0.3, 0.4) is 0 Å². The van der Waals surface area contributed by atoms with Gasteiger partial charge in [-0.1, -0.05) is 34.6 Å². The Morgan fingerprint density at radius 1 is 0.837 bits per heavy atom. The zero-order valence-corrected chi connectivity index (χ0v) is 24.3. The van der Waals surface area contributed by atoms with Gasteiger partial charge < -0.3 is 34.3 Å². The highest BCUT2D eigenvalue weighted by Crippen LogP contribution is 2.41. The monoisotopic (exact) mass is 586 g/mol. The van der Waals surface area contributed by atoms with Crippen molar-refractivity contribution >= 4 is 6.09 Å². The van der Waals surface area contributed by atoms with E-state index in [1.807, 2.05) is 57.2 Å². The Morgan fingerprint density at radius 2 is 1.37 bits per heavy atom. The number of nitrogens with two attached hydrogens (primary N) is 1. The van der Waals surface area contributed by atoms with Crippen molar-refractivity contribution in [2.45, 2.75) is 76.0 Å². The molecule has 2 saturated carbocycles. The molecule has 8 rings (SSSR count). The number of hydrogen-bond donors (Lipinski definition) is 2. The minimum Gasteiger partial charge on any atom is -0.491 e. The molecular weight excluding hydrogens is 552 g/mol. The Labute approximate surface area is 248 Å². The van der Waals surface area contributed by atoms with Crippen molar-refractivity contribution in [3.63, 3.8) is 0 Å². The normalized spacial score (nSPS) is 20.3. The minimum absolute atomic E-state index is 0.0265. The second-order valence-corrected chi connectivity index (χ2v) is 12.4. The lowest BCUT2D eigenvalue weighted by atomic mass is 10.1. The van der Waals surface area contributed by atoms with Crippen LogP contribution in [0.25, 0.3) is 22.8 Å². The van der Waals surface area contributed by atoms with E-state index in [1.54, 1.807) is 0 Å². The van der Waals surface area contributed by atoms with E-state index in [0.29, 0.717) is 42.6 Å². The maximum atomic E-state index is 12.0. The molecule has 1 amide bonds. The number of fused-ring (bicyclic) bond motifs is 2. The number of hydrogen-bond acceptors (Lipinski definition) is 11. The fourth-order valence-corrected chi connectivity index (χ4v) is 4.99. The molecule has 2 aromatic carbocycles. The van der Waals surface area contributed by atoms with Gasteiger partial charge in [0.25, 0.3) is 0 Å². The van der Waals surface area contributed by atoms with Crippen molar-refractivity contribution in [2.75, 3.05) is 13.2 Å². The molecule has 0 saturated heterocycles. The Kier molecular flexibility index (Phi) is 6.80. The molecule has 12 heteroatoms. The van der Waals surface area contributed by atoms with Crippen LogP contribution in [0.5, 0.6) is 11.5 Å². The predicted molar refractivity (Wildman–Crippen MR) is 153 cm³/mol. The van der Waals surface area contributed by atoms with E-state index in [1.165, 1.54) is 0 Å². The summed E-state index contributed by atoms with van der Waals surface area (Å²) in [7, 11) is 0. The van der Waals surface area contributed by atoms with Gasteiger partial charge in [0.1, 0.15) is 30.3 Å². The molecule has 2 atom stereocenters. The zero-order valence-electron chi connectivity index (χ0n) is 24.3. The molecule has 2 aliphatic heterocycles.